The van der Waals surface area contributed by atoms with E-state index >= 15 is 0 Å². The predicted octanol–water partition coefficient (Wildman–Crippen LogP) is 2.16. The molecule has 1 aliphatic heterocycles. The van der Waals surface area contributed by atoms with Crippen LogP contribution in [0.1, 0.15) is 37.8 Å². The lowest BCUT2D eigenvalue weighted by Gasteiger charge is -2.31. The van der Waals surface area contributed by atoms with Crippen molar-refractivity contribution in [2.45, 2.75) is 38.8 Å². The topological polar surface area (TPSA) is 61.8 Å². The zero-order chi connectivity index (χ0) is 13.2. The van der Waals surface area contributed by atoms with E-state index in [1.165, 1.54) is 18.4 Å². The van der Waals surface area contributed by atoms with E-state index in [1.54, 1.807) is 0 Å². The predicted molar refractivity (Wildman–Crippen MR) is 72.7 cm³/mol. The molecule has 1 fully saturated rings. The number of rotatable bonds is 3. The van der Waals surface area contributed by atoms with E-state index in [9.17, 15) is 0 Å². The number of oxime groups is 1. The van der Waals surface area contributed by atoms with E-state index in [0.29, 0.717) is 0 Å². The first-order valence-corrected chi connectivity index (χ1v) is 6.35. The Balaban J connectivity index is 2.15. The first-order valence-electron chi connectivity index (χ1n) is 6.35. The van der Waals surface area contributed by atoms with Crippen molar-refractivity contribution in [3.8, 4) is 0 Å². The monoisotopic (exact) mass is 247 g/mol. The standard InChI is InChI=1S/C14H21N3O/c1-14(2)7-4-8-17(14)10-11-5-3-6-12(9-11)13(15)16-18/h3,5-6,9,18H,4,7-8,10H2,1-2H3,(H2,15,16). The number of amidine groups is 1. The van der Waals surface area contributed by atoms with Gasteiger partial charge in [0.25, 0.3) is 0 Å². The van der Waals surface area contributed by atoms with Crippen LogP contribution in [0.15, 0.2) is 29.4 Å². The summed E-state index contributed by atoms with van der Waals surface area (Å²) in [4.78, 5) is 2.48. The lowest BCUT2D eigenvalue weighted by atomic mass is 10.0. The molecule has 4 heteroatoms. The molecule has 1 saturated heterocycles. The maximum atomic E-state index is 8.70. The van der Waals surface area contributed by atoms with E-state index in [-0.39, 0.29) is 11.4 Å². The smallest absolute Gasteiger partial charge is 0.170 e. The van der Waals surface area contributed by atoms with Crippen LogP contribution < -0.4 is 5.73 Å². The van der Waals surface area contributed by atoms with Crippen molar-refractivity contribution in [3.05, 3.63) is 35.4 Å². The van der Waals surface area contributed by atoms with Gasteiger partial charge in [-0.2, -0.15) is 0 Å². The zero-order valence-electron chi connectivity index (χ0n) is 11.1. The SMILES string of the molecule is CC1(C)CCCN1Cc1cccc(C(N)=NO)c1. The number of hydrogen-bond donors (Lipinski definition) is 2. The highest BCUT2D eigenvalue weighted by molar-refractivity contribution is 5.97. The molecule has 0 aromatic heterocycles. The molecule has 4 nitrogen and oxygen atoms in total. The molecule has 0 radical (unpaired) electrons. The summed E-state index contributed by atoms with van der Waals surface area (Å²) >= 11 is 0. The first kappa shape index (κ1) is 12.9. The summed E-state index contributed by atoms with van der Waals surface area (Å²) in [6, 6.07) is 7.88. The Morgan fingerprint density at radius 3 is 2.89 bits per heavy atom. The normalized spacial score (nSPS) is 20.2. The molecular weight excluding hydrogens is 226 g/mol. The third kappa shape index (κ3) is 2.64. The molecule has 0 amide bonds. The summed E-state index contributed by atoms with van der Waals surface area (Å²) in [5.74, 6) is 0.164. The average molecular weight is 247 g/mol. The Morgan fingerprint density at radius 2 is 2.28 bits per heavy atom. The van der Waals surface area contributed by atoms with E-state index < -0.39 is 0 Å². The molecule has 0 spiro atoms. The maximum absolute atomic E-state index is 8.70. The van der Waals surface area contributed by atoms with E-state index in [2.05, 4.69) is 30.0 Å². The fourth-order valence-corrected chi connectivity index (χ4v) is 2.56. The first-order chi connectivity index (χ1) is 8.53. The van der Waals surface area contributed by atoms with Crippen LogP contribution in [-0.2, 0) is 6.54 Å². The quantitative estimate of drug-likeness (QED) is 0.372. The molecule has 0 saturated carbocycles. The van der Waals surface area contributed by atoms with Gasteiger partial charge < -0.3 is 10.9 Å². The molecule has 0 bridgehead atoms. The highest BCUT2D eigenvalue weighted by Gasteiger charge is 2.31. The van der Waals surface area contributed by atoms with Gasteiger partial charge in [0.2, 0.25) is 0 Å². The summed E-state index contributed by atoms with van der Waals surface area (Å²) in [6.45, 7) is 6.63. The van der Waals surface area contributed by atoms with Crippen LogP contribution in [0.5, 0.6) is 0 Å². The van der Waals surface area contributed by atoms with Gasteiger partial charge in [-0.3, -0.25) is 4.90 Å². The highest BCUT2D eigenvalue weighted by atomic mass is 16.4. The van der Waals surface area contributed by atoms with Gasteiger partial charge in [-0.05, 0) is 44.9 Å². The fourth-order valence-electron chi connectivity index (χ4n) is 2.56. The van der Waals surface area contributed by atoms with E-state index in [1.807, 2.05) is 18.2 Å². The van der Waals surface area contributed by atoms with Gasteiger partial charge >= 0.3 is 0 Å². The average Bonchev–Trinajstić information content (AvgIpc) is 2.68. The van der Waals surface area contributed by atoms with Crippen LogP contribution in [0, 0.1) is 0 Å². The number of hydrogen-bond acceptors (Lipinski definition) is 3. The van der Waals surface area contributed by atoms with Crippen molar-refractivity contribution >= 4 is 5.84 Å². The van der Waals surface area contributed by atoms with Crippen LogP contribution in [-0.4, -0.2) is 28.0 Å². The fraction of sp³-hybridized carbons (Fsp3) is 0.500. The molecule has 1 aliphatic rings. The van der Waals surface area contributed by atoms with Crippen LogP contribution in [0.3, 0.4) is 0 Å². The van der Waals surface area contributed by atoms with Gasteiger partial charge in [0.15, 0.2) is 5.84 Å². The molecule has 1 heterocycles. The Hall–Kier alpha value is -1.55. The third-order valence-corrected chi connectivity index (χ3v) is 3.78. The molecule has 18 heavy (non-hydrogen) atoms. The molecule has 2 rings (SSSR count). The van der Waals surface area contributed by atoms with Crippen molar-refractivity contribution in [1.29, 1.82) is 0 Å². The molecular formula is C14H21N3O. The molecule has 1 aromatic carbocycles. The van der Waals surface area contributed by atoms with Gasteiger partial charge in [0.1, 0.15) is 0 Å². The van der Waals surface area contributed by atoms with Crippen molar-refractivity contribution in [2.24, 2.45) is 10.9 Å². The van der Waals surface area contributed by atoms with Crippen LogP contribution in [0.2, 0.25) is 0 Å². The number of benzene rings is 1. The van der Waals surface area contributed by atoms with Crippen molar-refractivity contribution in [3.63, 3.8) is 0 Å². The highest BCUT2D eigenvalue weighted by Crippen LogP contribution is 2.29. The lowest BCUT2D eigenvalue weighted by Crippen LogP contribution is -2.37. The Bertz CT molecular complexity index is 454. The maximum Gasteiger partial charge on any atom is 0.170 e. The van der Waals surface area contributed by atoms with Crippen LogP contribution in [0.25, 0.3) is 0 Å². The minimum atomic E-state index is 0.164. The van der Waals surface area contributed by atoms with Crippen molar-refractivity contribution in [2.75, 3.05) is 6.54 Å². The Labute approximate surface area is 108 Å². The summed E-state index contributed by atoms with van der Waals surface area (Å²) in [5, 5.41) is 11.7. The second-order valence-corrected chi connectivity index (χ2v) is 5.52. The minimum absolute atomic E-state index is 0.164. The molecule has 98 valence electrons. The van der Waals surface area contributed by atoms with Gasteiger partial charge in [-0.1, -0.05) is 23.4 Å². The molecule has 1 aromatic rings. The number of nitrogens with two attached hydrogens (primary N) is 1. The Morgan fingerprint density at radius 1 is 1.50 bits per heavy atom. The summed E-state index contributed by atoms with van der Waals surface area (Å²) in [7, 11) is 0. The summed E-state index contributed by atoms with van der Waals surface area (Å²) in [6.07, 6.45) is 2.50. The lowest BCUT2D eigenvalue weighted by molar-refractivity contribution is 0.166. The molecule has 0 unspecified atom stereocenters. The second-order valence-electron chi connectivity index (χ2n) is 5.52. The van der Waals surface area contributed by atoms with Crippen molar-refractivity contribution < 1.29 is 5.21 Å². The second kappa shape index (κ2) is 4.98. The third-order valence-electron chi connectivity index (χ3n) is 3.78. The number of nitrogens with zero attached hydrogens (tertiary/aromatic N) is 2. The molecule has 3 N–H and O–H groups in total. The van der Waals surface area contributed by atoms with Gasteiger partial charge in [0.05, 0.1) is 0 Å². The molecule has 0 atom stereocenters. The largest absolute Gasteiger partial charge is 0.409 e. The zero-order valence-corrected chi connectivity index (χ0v) is 11.1. The van der Waals surface area contributed by atoms with Crippen LogP contribution in [0.4, 0.5) is 0 Å². The van der Waals surface area contributed by atoms with Crippen LogP contribution >= 0.6 is 0 Å². The van der Waals surface area contributed by atoms with E-state index in [4.69, 9.17) is 10.9 Å². The number of likely N-dealkylation sites (tertiary alicyclic amines) is 1. The minimum Gasteiger partial charge on any atom is -0.409 e. The van der Waals surface area contributed by atoms with Gasteiger partial charge in [-0.15, -0.1) is 0 Å². The van der Waals surface area contributed by atoms with E-state index in [0.717, 1.165) is 18.7 Å². The van der Waals surface area contributed by atoms with Crippen molar-refractivity contribution in [1.82, 2.24) is 4.90 Å². The summed E-state index contributed by atoms with van der Waals surface area (Å²) in [5.41, 5.74) is 7.85. The van der Waals surface area contributed by atoms with Gasteiger partial charge in [-0.25, -0.2) is 0 Å². The summed E-state index contributed by atoms with van der Waals surface area (Å²) < 4.78 is 0. The van der Waals surface area contributed by atoms with Gasteiger partial charge in [0, 0.05) is 17.6 Å². The molecule has 0 aliphatic carbocycles. The Kier molecular flexibility index (Phi) is 3.57.